The van der Waals surface area contributed by atoms with E-state index < -0.39 is 17.7 Å². The minimum atomic E-state index is -1.06. The SMILES string of the molecule is CCCC(C(=O)O)c1cc(OCC)c(-c2ccc(F)cc2)cc1F. The van der Waals surface area contributed by atoms with Crippen molar-refractivity contribution >= 4 is 5.97 Å². The van der Waals surface area contributed by atoms with Gasteiger partial charge in [-0.15, -0.1) is 0 Å². The number of rotatable bonds is 7. The lowest BCUT2D eigenvalue weighted by molar-refractivity contribution is -0.139. The van der Waals surface area contributed by atoms with Crippen molar-refractivity contribution in [1.29, 1.82) is 0 Å². The average molecular weight is 334 g/mol. The fraction of sp³-hybridized carbons (Fsp3) is 0.316. The molecule has 0 aliphatic heterocycles. The molecule has 1 unspecified atom stereocenters. The van der Waals surface area contributed by atoms with Crippen molar-refractivity contribution in [3.63, 3.8) is 0 Å². The minimum absolute atomic E-state index is 0.110. The Labute approximate surface area is 139 Å². The Hall–Kier alpha value is -2.43. The number of benzene rings is 2. The number of carboxylic acids is 1. The maximum atomic E-state index is 14.6. The Morgan fingerprint density at radius 1 is 1.17 bits per heavy atom. The van der Waals surface area contributed by atoms with Crippen LogP contribution in [0, 0.1) is 11.6 Å². The van der Waals surface area contributed by atoms with E-state index in [0.717, 1.165) is 0 Å². The monoisotopic (exact) mass is 334 g/mol. The summed E-state index contributed by atoms with van der Waals surface area (Å²) in [6.07, 6.45) is 0.966. The maximum absolute atomic E-state index is 14.6. The van der Waals surface area contributed by atoms with E-state index >= 15 is 0 Å². The first-order valence-electron chi connectivity index (χ1n) is 7.92. The van der Waals surface area contributed by atoms with Crippen LogP contribution in [0.3, 0.4) is 0 Å². The molecule has 0 fully saturated rings. The van der Waals surface area contributed by atoms with Gasteiger partial charge in [-0.1, -0.05) is 25.5 Å². The highest BCUT2D eigenvalue weighted by Crippen LogP contribution is 2.36. The average Bonchev–Trinajstić information content (AvgIpc) is 2.55. The van der Waals surface area contributed by atoms with Crippen LogP contribution in [0.1, 0.15) is 38.2 Å². The topological polar surface area (TPSA) is 46.5 Å². The van der Waals surface area contributed by atoms with E-state index in [1.54, 1.807) is 6.92 Å². The lowest BCUT2D eigenvalue weighted by Crippen LogP contribution is -2.13. The molecule has 0 bridgehead atoms. The van der Waals surface area contributed by atoms with Gasteiger partial charge in [0.05, 0.1) is 12.5 Å². The molecule has 5 heteroatoms. The second-order valence-corrected chi connectivity index (χ2v) is 5.49. The third kappa shape index (κ3) is 3.91. The number of hydrogen-bond donors (Lipinski definition) is 1. The van der Waals surface area contributed by atoms with Crippen molar-refractivity contribution in [3.05, 3.63) is 53.6 Å². The number of carbonyl (C=O) groups is 1. The molecule has 0 aliphatic rings. The van der Waals surface area contributed by atoms with Gasteiger partial charge in [0.15, 0.2) is 0 Å². The molecule has 2 aromatic carbocycles. The number of aliphatic carboxylic acids is 1. The highest BCUT2D eigenvalue weighted by atomic mass is 19.1. The van der Waals surface area contributed by atoms with Crippen LogP contribution in [-0.2, 0) is 4.79 Å². The van der Waals surface area contributed by atoms with Gasteiger partial charge in [-0.2, -0.15) is 0 Å². The summed E-state index contributed by atoms with van der Waals surface area (Å²) in [5.41, 5.74) is 1.19. The molecule has 2 aromatic rings. The lowest BCUT2D eigenvalue weighted by Gasteiger charge is -2.17. The summed E-state index contributed by atoms with van der Waals surface area (Å²) in [7, 11) is 0. The zero-order chi connectivity index (χ0) is 17.7. The molecule has 0 saturated carbocycles. The van der Waals surface area contributed by atoms with Gasteiger partial charge in [0, 0.05) is 11.1 Å². The van der Waals surface area contributed by atoms with Gasteiger partial charge in [0.25, 0.3) is 0 Å². The molecule has 2 rings (SSSR count). The summed E-state index contributed by atoms with van der Waals surface area (Å²) in [5.74, 6) is -2.58. The molecule has 24 heavy (non-hydrogen) atoms. The van der Waals surface area contributed by atoms with Crippen LogP contribution in [0.5, 0.6) is 5.75 Å². The highest BCUT2D eigenvalue weighted by Gasteiger charge is 2.24. The Morgan fingerprint density at radius 2 is 1.83 bits per heavy atom. The number of hydrogen-bond acceptors (Lipinski definition) is 2. The zero-order valence-corrected chi connectivity index (χ0v) is 13.7. The fourth-order valence-corrected chi connectivity index (χ4v) is 2.67. The molecule has 3 nitrogen and oxygen atoms in total. The standard InChI is InChI=1S/C19H20F2O3/c1-3-5-14(19(22)23)16-11-18(24-4-2)15(10-17(16)21)12-6-8-13(20)9-7-12/h6-11,14H,3-5H2,1-2H3,(H,22,23). The summed E-state index contributed by atoms with van der Waals surface area (Å²) < 4.78 is 33.3. The maximum Gasteiger partial charge on any atom is 0.311 e. The number of halogens is 2. The largest absolute Gasteiger partial charge is 0.493 e. The van der Waals surface area contributed by atoms with Gasteiger partial charge in [-0.3, -0.25) is 4.79 Å². The van der Waals surface area contributed by atoms with Crippen LogP contribution in [-0.4, -0.2) is 17.7 Å². The van der Waals surface area contributed by atoms with Crippen LogP contribution >= 0.6 is 0 Å². The van der Waals surface area contributed by atoms with Crippen LogP contribution in [0.4, 0.5) is 8.78 Å². The Kier molecular flexibility index (Phi) is 5.90. The highest BCUT2D eigenvalue weighted by molar-refractivity contribution is 5.78. The minimum Gasteiger partial charge on any atom is -0.493 e. The second kappa shape index (κ2) is 7.90. The van der Waals surface area contributed by atoms with Gasteiger partial charge in [0.1, 0.15) is 17.4 Å². The van der Waals surface area contributed by atoms with Crippen molar-refractivity contribution in [2.45, 2.75) is 32.6 Å². The van der Waals surface area contributed by atoms with Crippen LogP contribution in [0.2, 0.25) is 0 Å². The summed E-state index contributed by atoms with van der Waals surface area (Å²) in [5, 5.41) is 9.37. The first-order chi connectivity index (χ1) is 11.5. The van der Waals surface area contributed by atoms with Gasteiger partial charge in [-0.25, -0.2) is 8.78 Å². The smallest absolute Gasteiger partial charge is 0.311 e. The molecule has 0 aliphatic carbocycles. The van der Waals surface area contributed by atoms with E-state index in [-0.39, 0.29) is 11.4 Å². The van der Waals surface area contributed by atoms with Gasteiger partial charge in [0.2, 0.25) is 0 Å². The fourth-order valence-electron chi connectivity index (χ4n) is 2.67. The predicted molar refractivity (Wildman–Crippen MR) is 88.2 cm³/mol. The number of ether oxygens (including phenoxy) is 1. The Balaban J connectivity index is 2.56. The van der Waals surface area contributed by atoms with Crippen molar-refractivity contribution in [2.24, 2.45) is 0 Å². The number of carboxylic acid groups (broad SMARTS) is 1. The molecular weight excluding hydrogens is 314 g/mol. The van der Waals surface area contributed by atoms with Crippen molar-refractivity contribution in [2.75, 3.05) is 6.61 Å². The molecule has 0 heterocycles. The molecule has 0 aromatic heterocycles. The molecule has 0 radical (unpaired) electrons. The van der Waals surface area contributed by atoms with E-state index in [1.165, 1.54) is 36.4 Å². The van der Waals surface area contributed by atoms with Crippen molar-refractivity contribution in [3.8, 4) is 16.9 Å². The van der Waals surface area contributed by atoms with Crippen LogP contribution < -0.4 is 4.74 Å². The van der Waals surface area contributed by atoms with Gasteiger partial charge in [-0.05, 0) is 43.2 Å². The molecule has 0 saturated heterocycles. The third-order valence-corrected chi connectivity index (χ3v) is 3.80. The molecule has 0 spiro atoms. The predicted octanol–water partition coefficient (Wildman–Crippen LogP) is 5.00. The normalized spacial score (nSPS) is 12.0. The first-order valence-corrected chi connectivity index (χ1v) is 7.92. The molecule has 128 valence electrons. The van der Waals surface area contributed by atoms with Gasteiger partial charge < -0.3 is 9.84 Å². The van der Waals surface area contributed by atoms with Crippen LogP contribution in [0.25, 0.3) is 11.1 Å². The molecule has 1 atom stereocenters. The molecule has 1 N–H and O–H groups in total. The second-order valence-electron chi connectivity index (χ2n) is 5.49. The summed E-state index contributed by atoms with van der Waals surface area (Å²) in [4.78, 5) is 11.5. The van der Waals surface area contributed by atoms with E-state index in [0.29, 0.717) is 36.3 Å². The van der Waals surface area contributed by atoms with E-state index in [2.05, 4.69) is 0 Å². The van der Waals surface area contributed by atoms with E-state index in [1.807, 2.05) is 6.92 Å². The molecular formula is C19H20F2O3. The third-order valence-electron chi connectivity index (χ3n) is 3.80. The first kappa shape index (κ1) is 17.9. The summed E-state index contributed by atoms with van der Waals surface area (Å²) in [6, 6.07) is 8.35. The quantitative estimate of drug-likeness (QED) is 0.775. The Morgan fingerprint density at radius 3 is 2.38 bits per heavy atom. The summed E-state index contributed by atoms with van der Waals surface area (Å²) >= 11 is 0. The Bertz CT molecular complexity index is 711. The van der Waals surface area contributed by atoms with E-state index in [9.17, 15) is 18.7 Å². The van der Waals surface area contributed by atoms with Crippen LogP contribution in [0.15, 0.2) is 36.4 Å². The molecule has 0 amide bonds. The zero-order valence-electron chi connectivity index (χ0n) is 13.7. The lowest BCUT2D eigenvalue weighted by atomic mass is 9.91. The van der Waals surface area contributed by atoms with Gasteiger partial charge >= 0.3 is 5.97 Å². The summed E-state index contributed by atoms with van der Waals surface area (Å²) in [6.45, 7) is 3.99. The van der Waals surface area contributed by atoms with E-state index in [4.69, 9.17) is 4.74 Å². The van der Waals surface area contributed by atoms with Crippen molar-refractivity contribution < 1.29 is 23.4 Å². The van der Waals surface area contributed by atoms with Crippen molar-refractivity contribution in [1.82, 2.24) is 0 Å².